The molecule has 7 heteroatoms. The number of amides is 1. The summed E-state index contributed by atoms with van der Waals surface area (Å²) in [6.45, 7) is 4.93. The van der Waals surface area contributed by atoms with Crippen LogP contribution < -0.4 is 14.4 Å². The van der Waals surface area contributed by atoms with E-state index < -0.39 is 0 Å². The second kappa shape index (κ2) is 9.36. The highest BCUT2D eigenvalue weighted by molar-refractivity contribution is 8.18. The number of nitrogens with zero attached hydrogens (tertiary/aromatic N) is 2. The molecule has 0 aliphatic carbocycles. The summed E-state index contributed by atoms with van der Waals surface area (Å²) in [6, 6.07) is 16.2. The van der Waals surface area contributed by atoms with Gasteiger partial charge in [0.15, 0.2) is 16.7 Å². The van der Waals surface area contributed by atoms with Crippen LogP contribution in [0.25, 0.3) is 6.08 Å². The van der Waals surface area contributed by atoms with Crippen LogP contribution in [0.3, 0.4) is 0 Å². The van der Waals surface area contributed by atoms with Gasteiger partial charge in [-0.1, -0.05) is 36.4 Å². The molecule has 0 spiro atoms. The number of hydrogen-bond acceptors (Lipinski definition) is 5. The summed E-state index contributed by atoms with van der Waals surface area (Å²) in [7, 11) is 3.21. The number of nitrogens with one attached hydrogen (secondary N) is 1. The average molecular weight is 425 g/mol. The van der Waals surface area contributed by atoms with Crippen LogP contribution >= 0.6 is 11.8 Å². The molecule has 0 unspecified atom stereocenters. The standard InChI is InChI=1S/C23H25N3O3S/c1-28-19-9-8-18(14-20(19)29-2)15-21-22(27)24-23(30-21)26-12-10-25(11-13-26)16-17-6-4-3-5-7-17/h3-9,14-15H,10-13,16H2,1-2H3/p+1/b21-15+. The zero-order chi connectivity index (χ0) is 20.9. The van der Waals surface area contributed by atoms with E-state index in [1.54, 1.807) is 19.1 Å². The van der Waals surface area contributed by atoms with Crippen LogP contribution in [0.5, 0.6) is 11.5 Å². The fraction of sp³-hybridized carbons (Fsp3) is 0.304. The van der Waals surface area contributed by atoms with Gasteiger partial charge >= 0.3 is 0 Å². The summed E-state index contributed by atoms with van der Waals surface area (Å²) in [6.07, 6.45) is 1.86. The van der Waals surface area contributed by atoms with Crippen molar-refractivity contribution in [3.05, 3.63) is 64.6 Å². The molecule has 0 radical (unpaired) electrons. The van der Waals surface area contributed by atoms with Gasteiger partial charge < -0.3 is 19.3 Å². The highest BCUT2D eigenvalue weighted by atomic mass is 32.2. The van der Waals surface area contributed by atoms with Gasteiger partial charge in [-0.15, -0.1) is 0 Å². The van der Waals surface area contributed by atoms with Crippen LogP contribution in [0.2, 0.25) is 0 Å². The second-order valence-electron chi connectivity index (χ2n) is 7.32. The number of carbonyl (C=O) groups excluding carboxylic acids is 1. The number of rotatable bonds is 5. The fourth-order valence-corrected chi connectivity index (χ4v) is 4.67. The normalized spacial score (nSPS) is 18.6. The topological polar surface area (TPSA) is 55.6 Å². The van der Waals surface area contributed by atoms with E-state index in [0.717, 1.165) is 43.5 Å². The lowest BCUT2D eigenvalue weighted by Gasteiger charge is -2.32. The summed E-state index contributed by atoms with van der Waals surface area (Å²) in [4.78, 5) is 21.2. The maximum absolute atomic E-state index is 12.5. The molecule has 1 saturated heterocycles. The van der Waals surface area contributed by atoms with Crippen LogP contribution in [-0.4, -0.2) is 56.4 Å². The van der Waals surface area contributed by atoms with Crippen LogP contribution in [-0.2, 0) is 11.3 Å². The predicted octanol–water partition coefficient (Wildman–Crippen LogP) is 2.07. The Morgan fingerprint density at radius 1 is 1.07 bits per heavy atom. The van der Waals surface area contributed by atoms with Gasteiger partial charge in [-0.3, -0.25) is 4.79 Å². The molecule has 0 bridgehead atoms. The Morgan fingerprint density at radius 2 is 1.80 bits per heavy atom. The molecule has 2 heterocycles. The number of piperazine rings is 1. The Balaban J connectivity index is 1.37. The Kier molecular flexibility index (Phi) is 6.40. The Labute approximate surface area is 181 Å². The van der Waals surface area contributed by atoms with E-state index in [4.69, 9.17) is 9.47 Å². The minimum atomic E-state index is -0.177. The van der Waals surface area contributed by atoms with E-state index in [-0.39, 0.29) is 5.91 Å². The Hall–Kier alpha value is -2.77. The van der Waals surface area contributed by atoms with Gasteiger partial charge in [0.05, 0.1) is 45.3 Å². The van der Waals surface area contributed by atoms with Crippen molar-refractivity contribution in [2.24, 2.45) is 4.99 Å². The van der Waals surface area contributed by atoms with E-state index in [1.807, 2.05) is 24.3 Å². The van der Waals surface area contributed by atoms with Gasteiger partial charge in [0.2, 0.25) is 0 Å². The molecule has 6 nitrogen and oxygen atoms in total. The molecule has 30 heavy (non-hydrogen) atoms. The van der Waals surface area contributed by atoms with Gasteiger partial charge in [0.1, 0.15) is 6.54 Å². The number of benzene rings is 2. The van der Waals surface area contributed by atoms with Gasteiger partial charge in [0, 0.05) is 5.56 Å². The SMILES string of the molecule is COc1ccc(/C=C2/SC(N3CC[NH+](Cc4ccccc4)CC3)=NC2=O)cc1OC. The van der Waals surface area contributed by atoms with Crippen LogP contribution in [0.1, 0.15) is 11.1 Å². The highest BCUT2D eigenvalue weighted by Gasteiger charge is 2.29. The lowest BCUT2D eigenvalue weighted by atomic mass is 10.2. The quantitative estimate of drug-likeness (QED) is 0.745. The third-order valence-corrected chi connectivity index (χ3v) is 6.40. The van der Waals surface area contributed by atoms with E-state index in [1.165, 1.54) is 17.3 Å². The number of methoxy groups -OCH3 is 2. The third kappa shape index (κ3) is 4.68. The van der Waals surface area contributed by atoms with Crippen molar-refractivity contribution >= 4 is 28.9 Å². The number of quaternary nitrogens is 1. The van der Waals surface area contributed by atoms with Crippen molar-refractivity contribution in [2.45, 2.75) is 6.54 Å². The van der Waals surface area contributed by atoms with Crippen LogP contribution in [0, 0.1) is 0 Å². The summed E-state index contributed by atoms with van der Waals surface area (Å²) < 4.78 is 10.6. The van der Waals surface area contributed by atoms with Crippen LogP contribution in [0.15, 0.2) is 58.4 Å². The summed E-state index contributed by atoms with van der Waals surface area (Å²) in [5, 5.41) is 0.811. The number of ether oxygens (including phenoxy) is 2. The number of carbonyl (C=O) groups is 1. The van der Waals surface area contributed by atoms with Crippen molar-refractivity contribution in [1.82, 2.24) is 4.90 Å². The molecule has 0 saturated carbocycles. The molecule has 4 rings (SSSR count). The maximum atomic E-state index is 12.5. The molecule has 1 N–H and O–H groups in total. The van der Waals surface area contributed by atoms with Crippen molar-refractivity contribution < 1.29 is 19.2 Å². The van der Waals surface area contributed by atoms with Crippen molar-refractivity contribution in [3.63, 3.8) is 0 Å². The van der Waals surface area contributed by atoms with Crippen LogP contribution in [0.4, 0.5) is 0 Å². The van der Waals surface area contributed by atoms with E-state index in [0.29, 0.717) is 16.4 Å². The maximum Gasteiger partial charge on any atom is 0.286 e. The number of thioether (sulfide) groups is 1. The van der Waals surface area contributed by atoms with Gasteiger partial charge in [0.25, 0.3) is 5.91 Å². The average Bonchev–Trinajstić information content (AvgIpc) is 3.15. The van der Waals surface area contributed by atoms with Crippen molar-refractivity contribution in [3.8, 4) is 11.5 Å². The van der Waals surface area contributed by atoms with Gasteiger partial charge in [-0.2, -0.15) is 4.99 Å². The number of hydrogen-bond donors (Lipinski definition) is 1. The Bertz CT molecular complexity index is 967. The molecule has 156 valence electrons. The molecule has 2 aromatic rings. The number of aliphatic imine (C=N–C) groups is 1. The lowest BCUT2D eigenvalue weighted by molar-refractivity contribution is -0.917. The molecule has 1 amide bonds. The van der Waals surface area contributed by atoms with Crippen molar-refractivity contribution in [1.29, 1.82) is 0 Å². The molecule has 2 aromatic carbocycles. The molecule has 1 fully saturated rings. The fourth-order valence-electron chi connectivity index (χ4n) is 3.70. The van der Waals surface area contributed by atoms with E-state index in [9.17, 15) is 4.79 Å². The van der Waals surface area contributed by atoms with E-state index in [2.05, 4.69) is 40.2 Å². The minimum absolute atomic E-state index is 0.177. The predicted molar refractivity (Wildman–Crippen MR) is 120 cm³/mol. The molecule has 2 aliphatic heterocycles. The summed E-state index contributed by atoms with van der Waals surface area (Å²) in [5.41, 5.74) is 2.25. The minimum Gasteiger partial charge on any atom is -0.493 e. The molecule has 0 atom stereocenters. The molecule has 0 aromatic heterocycles. The number of amidine groups is 1. The highest BCUT2D eigenvalue weighted by Crippen LogP contribution is 2.33. The first kappa shape index (κ1) is 20.5. The van der Waals surface area contributed by atoms with E-state index >= 15 is 0 Å². The smallest absolute Gasteiger partial charge is 0.286 e. The monoisotopic (exact) mass is 424 g/mol. The first-order valence-electron chi connectivity index (χ1n) is 10.0. The molecular formula is C23H26N3O3S+. The van der Waals surface area contributed by atoms with Gasteiger partial charge in [-0.25, -0.2) is 0 Å². The second-order valence-corrected chi connectivity index (χ2v) is 8.33. The van der Waals surface area contributed by atoms with Crippen molar-refractivity contribution in [2.75, 3.05) is 40.4 Å². The lowest BCUT2D eigenvalue weighted by Crippen LogP contribution is -3.13. The first-order valence-corrected chi connectivity index (χ1v) is 10.8. The van der Waals surface area contributed by atoms with Gasteiger partial charge in [-0.05, 0) is 35.5 Å². The first-order chi connectivity index (χ1) is 14.7. The third-order valence-electron chi connectivity index (χ3n) is 5.35. The summed E-state index contributed by atoms with van der Waals surface area (Å²) >= 11 is 1.45. The summed E-state index contributed by atoms with van der Waals surface area (Å²) in [5.74, 6) is 1.13. The molecule has 2 aliphatic rings. The molecular weight excluding hydrogens is 398 g/mol. The largest absolute Gasteiger partial charge is 0.493 e. The zero-order valence-electron chi connectivity index (χ0n) is 17.3. The Morgan fingerprint density at radius 3 is 2.50 bits per heavy atom. The zero-order valence-corrected chi connectivity index (χ0v) is 18.1.